The molecular formula is C14H13F2N5. The number of nitrogens with zero attached hydrogens (tertiary/aromatic N) is 4. The average molecular weight is 289 g/mol. The third-order valence-electron chi connectivity index (χ3n) is 3.02. The van der Waals surface area contributed by atoms with Crippen molar-refractivity contribution in [3.8, 4) is 5.69 Å². The standard InChI is InChI=1S/C14H13F2N5/c1-3-17-13-10-7-18-21(14(10)20-8(2)19-13)12-5-4-9(15)6-11(12)16/h4-7H,3H2,1-2H3,(H,17,19,20). The van der Waals surface area contributed by atoms with Crippen LogP contribution in [0.25, 0.3) is 16.7 Å². The van der Waals surface area contributed by atoms with Gasteiger partial charge in [-0.3, -0.25) is 0 Å². The molecule has 3 aromatic rings. The van der Waals surface area contributed by atoms with E-state index in [2.05, 4.69) is 20.4 Å². The second-order valence-corrected chi connectivity index (χ2v) is 4.54. The van der Waals surface area contributed by atoms with E-state index in [-0.39, 0.29) is 5.69 Å². The molecule has 0 spiro atoms. The first kappa shape index (κ1) is 13.4. The molecule has 108 valence electrons. The lowest BCUT2D eigenvalue weighted by molar-refractivity contribution is 0.574. The quantitative estimate of drug-likeness (QED) is 0.805. The van der Waals surface area contributed by atoms with Crippen LogP contribution in [0.2, 0.25) is 0 Å². The molecule has 5 nitrogen and oxygen atoms in total. The summed E-state index contributed by atoms with van der Waals surface area (Å²) >= 11 is 0. The largest absolute Gasteiger partial charge is 0.370 e. The van der Waals surface area contributed by atoms with Crippen molar-refractivity contribution in [2.24, 2.45) is 0 Å². The fraction of sp³-hybridized carbons (Fsp3) is 0.214. The Bertz CT molecular complexity index is 812. The van der Waals surface area contributed by atoms with Gasteiger partial charge in [-0.1, -0.05) is 0 Å². The Balaban J connectivity index is 2.24. The van der Waals surface area contributed by atoms with Crippen LogP contribution in [-0.4, -0.2) is 26.3 Å². The van der Waals surface area contributed by atoms with Gasteiger partial charge in [-0.2, -0.15) is 5.10 Å². The van der Waals surface area contributed by atoms with Gasteiger partial charge in [0, 0.05) is 12.6 Å². The van der Waals surface area contributed by atoms with E-state index in [0.29, 0.717) is 29.2 Å². The number of nitrogens with one attached hydrogen (secondary N) is 1. The summed E-state index contributed by atoms with van der Waals surface area (Å²) in [7, 11) is 0. The lowest BCUT2D eigenvalue weighted by Gasteiger charge is -2.07. The molecule has 3 rings (SSSR count). The van der Waals surface area contributed by atoms with Gasteiger partial charge < -0.3 is 5.32 Å². The van der Waals surface area contributed by atoms with E-state index in [1.165, 1.54) is 16.8 Å². The topological polar surface area (TPSA) is 55.6 Å². The number of fused-ring (bicyclic) bond motifs is 1. The molecular weight excluding hydrogens is 276 g/mol. The second kappa shape index (κ2) is 5.08. The smallest absolute Gasteiger partial charge is 0.168 e. The van der Waals surface area contributed by atoms with Gasteiger partial charge in [0.2, 0.25) is 0 Å². The van der Waals surface area contributed by atoms with Gasteiger partial charge in [-0.15, -0.1) is 0 Å². The zero-order valence-corrected chi connectivity index (χ0v) is 11.6. The van der Waals surface area contributed by atoms with Crippen molar-refractivity contribution in [1.82, 2.24) is 19.7 Å². The van der Waals surface area contributed by atoms with Gasteiger partial charge in [0.15, 0.2) is 11.5 Å². The zero-order chi connectivity index (χ0) is 15.0. The monoisotopic (exact) mass is 289 g/mol. The zero-order valence-electron chi connectivity index (χ0n) is 11.6. The molecule has 7 heteroatoms. The number of rotatable bonds is 3. The van der Waals surface area contributed by atoms with Crippen LogP contribution in [0.4, 0.5) is 14.6 Å². The minimum absolute atomic E-state index is 0.145. The Hall–Kier alpha value is -2.57. The molecule has 0 aliphatic rings. The summed E-state index contributed by atoms with van der Waals surface area (Å²) in [4.78, 5) is 8.61. The average Bonchev–Trinajstić information content (AvgIpc) is 2.83. The fourth-order valence-electron chi connectivity index (χ4n) is 2.15. The first-order chi connectivity index (χ1) is 10.1. The molecule has 2 aromatic heterocycles. The molecule has 1 aromatic carbocycles. The predicted octanol–water partition coefficient (Wildman–Crippen LogP) is 2.83. The summed E-state index contributed by atoms with van der Waals surface area (Å²) in [5.41, 5.74) is 0.621. The van der Waals surface area contributed by atoms with Crippen molar-refractivity contribution >= 4 is 16.9 Å². The molecule has 0 unspecified atom stereocenters. The van der Waals surface area contributed by atoms with Gasteiger partial charge in [-0.05, 0) is 26.0 Å². The summed E-state index contributed by atoms with van der Waals surface area (Å²) in [6.45, 7) is 4.40. The molecule has 1 N–H and O–H groups in total. The Kier molecular flexibility index (Phi) is 3.25. The number of hydrogen-bond acceptors (Lipinski definition) is 4. The van der Waals surface area contributed by atoms with Crippen molar-refractivity contribution < 1.29 is 8.78 Å². The maximum absolute atomic E-state index is 13.9. The number of aromatic nitrogens is 4. The van der Waals surface area contributed by atoms with Crippen LogP contribution in [0.5, 0.6) is 0 Å². The summed E-state index contributed by atoms with van der Waals surface area (Å²) in [5, 5.41) is 7.96. The molecule has 0 saturated carbocycles. The van der Waals surface area contributed by atoms with E-state index in [0.717, 1.165) is 6.07 Å². The van der Waals surface area contributed by atoms with E-state index in [4.69, 9.17) is 0 Å². The van der Waals surface area contributed by atoms with Crippen molar-refractivity contribution in [1.29, 1.82) is 0 Å². The number of anilines is 1. The Morgan fingerprint density at radius 3 is 2.76 bits per heavy atom. The van der Waals surface area contributed by atoms with Crippen molar-refractivity contribution in [3.63, 3.8) is 0 Å². The van der Waals surface area contributed by atoms with Crippen LogP contribution >= 0.6 is 0 Å². The third-order valence-corrected chi connectivity index (χ3v) is 3.02. The first-order valence-electron chi connectivity index (χ1n) is 6.52. The highest BCUT2D eigenvalue weighted by Gasteiger charge is 2.15. The van der Waals surface area contributed by atoms with Gasteiger partial charge in [0.25, 0.3) is 0 Å². The third kappa shape index (κ3) is 2.31. The Labute approximate surface area is 119 Å². The second-order valence-electron chi connectivity index (χ2n) is 4.54. The summed E-state index contributed by atoms with van der Waals surface area (Å²) in [5.74, 6) is -0.135. The summed E-state index contributed by atoms with van der Waals surface area (Å²) in [6, 6.07) is 3.34. The highest BCUT2D eigenvalue weighted by atomic mass is 19.1. The van der Waals surface area contributed by atoms with Gasteiger partial charge in [0.05, 0.1) is 11.6 Å². The molecule has 0 aliphatic heterocycles. The molecule has 21 heavy (non-hydrogen) atoms. The predicted molar refractivity (Wildman–Crippen MR) is 75.5 cm³/mol. The minimum atomic E-state index is -0.693. The van der Waals surface area contributed by atoms with Crippen LogP contribution in [0.15, 0.2) is 24.4 Å². The van der Waals surface area contributed by atoms with E-state index < -0.39 is 11.6 Å². The normalized spacial score (nSPS) is 11.0. The van der Waals surface area contributed by atoms with Crippen LogP contribution in [0.1, 0.15) is 12.7 Å². The lowest BCUT2D eigenvalue weighted by Crippen LogP contribution is -2.05. The Morgan fingerprint density at radius 2 is 2.05 bits per heavy atom. The lowest BCUT2D eigenvalue weighted by atomic mass is 10.3. The maximum Gasteiger partial charge on any atom is 0.168 e. The summed E-state index contributed by atoms with van der Waals surface area (Å²) < 4.78 is 28.3. The Morgan fingerprint density at radius 1 is 1.24 bits per heavy atom. The van der Waals surface area contributed by atoms with E-state index in [1.54, 1.807) is 13.1 Å². The van der Waals surface area contributed by atoms with Gasteiger partial charge in [-0.25, -0.2) is 23.4 Å². The molecule has 0 atom stereocenters. The molecule has 0 aliphatic carbocycles. The van der Waals surface area contributed by atoms with Crippen LogP contribution < -0.4 is 5.32 Å². The van der Waals surface area contributed by atoms with Crippen LogP contribution in [0, 0.1) is 18.6 Å². The van der Waals surface area contributed by atoms with Crippen LogP contribution in [0.3, 0.4) is 0 Å². The molecule has 0 bridgehead atoms. The highest BCUT2D eigenvalue weighted by Crippen LogP contribution is 2.24. The van der Waals surface area contributed by atoms with Crippen molar-refractivity contribution in [2.75, 3.05) is 11.9 Å². The number of benzene rings is 1. The number of aryl methyl sites for hydroxylation is 1. The fourth-order valence-corrected chi connectivity index (χ4v) is 2.15. The van der Waals surface area contributed by atoms with Crippen LogP contribution in [-0.2, 0) is 0 Å². The van der Waals surface area contributed by atoms with E-state index >= 15 is 0 Å². The van der Waals surface area contributed by atoms with Crippen molar-refractivity contribution in [2.45, 2.75) is 13.8 Å². The molecule has 0 saturated heterocycles. The minimum Gasteiger partial charge on any atom is -0.370 e. The van der Waals surface area contributed by atoms with Crippen molar-refractivity contribution in [3.05, 3.63) is 41.9 Å². The SMILES string of the molecule is CCNc1nc(C)nc2c1cnn2-c1ccc(F)cc1F. The molecule has 0 amide bonds. The summed E-state index contributed by atoms with van der Waals surface area (Å²) in [6.07, 6.45) is 1.57. The first-order valence-corrected chi connectivity index (χ1v) is 6.52. The number of halogens is 2. The molecule has 0 fully saturated rings. The van der Waals surface area contributed by atoms with Gasteiger partial charge in [0.1, 0.15) is 23.1 Å². The highest BCUT2D eigenvalue weighted by molar-refractivity contribution is 5.87. The molecule has 2 heterocycles. The van der Waals surface area contributed by atoms with Gasteiger partial charge >= 0.3 is 0 Å². The van der Waals surface area contributed by atoms with E-state index in [9.17, 15) is 8.78 Å². The molecule has 0 radical (unpaired) electrons. The van der Waals surface area contributed by atoms with E-state index in [1.807, 2.05) is 6.92 Å². The maximum atomic E-state index is 13.9. The number of hydrogen-bond donors (Lipinski definition) is 1.